The smallest absolute Gasteiger partial charge is 0.273 e. The third kappa shape index (κ3) is 4.39. The van der Waals surface area contributed by atoms with Crippen molar-refractivity contribution in [3.63, 3.8) is 0 Å². The molecule has 3 aromatic rings. The highest BCUT2D eigenvalue weighted by Crippen LogP contribution is 2.30. The van der Waals surface area contributed by atoms with E-state index in [0.29, 0.717) is 16.5 Å². The van der Waals surface area contributed by atoms with Crippen molar-refractivity contribution in [3.05, 3.63) is 82.9 Å². The number of ether oxygens (including phenoxy) is 1. The van der Waals surface area contributed by atoms with Gasteiger partial charge in [-0.25, -0.2) is 0 Å². The Balaban J connectivity index is 1.81. The number of nitro benzene ring substituents is 1. The first-order chi connectivity index (χ1) is 13.1. The van der Waals surface area contributed by atoms with E-state index >= 15 is 0 Å². The van der Waals surface area contributed by atoms with Crippen molar-refractivity contribution in [1.82, 2.24) is 0 Å². The molecule has 136 valence electrons. The number of benzene rings is 3. The maximum Gasteiger partial charge on any atom is 0.273 e. The number of thiocarbonyl (C=S) groups is 1. The largest absolute Gasteiger partial charge is 0.494 e. The first-order valence-corrected chi connectivity index (χ1v) is 8.54. The first-order valence-electron chi connectivity index (χ1n) is 8.13. The molecule has 0 atom stereocenters. The molecule has 3 aromatic carbocycles. The summed E-state index contributed by atoms with van der Waals surface area (Å²) in [6.07, 6.45) is 0. The van der Waals surface area contributed by atoms with E-state index in [4.69, 9.17) is 17.0 Å². The van der Waals surface area contributed by atoms with E-state index in [1.54, 1.807) is 6.07 Å². The number of nitrogens with zero attached hydrogens (tertiary/aromatic N) is 1. The first kappa shape index (κ1) is 18.3. The van der Waals surface area contributed by atoms with Crippen molar-refractivity contribution in [1.29, 1.82) is 0 Å². The van der Waals surface area contributed by atoms with Crippen LogP contribution in [0, 0.1) is 10.1 Å². The maximum absolute atomic E-state index is 10.9. The van der Waals surface area contributed by atoms with Crippen LogP contribution in [0.25, 0.3) is 11.1 Å². The Bertz CT molecular complexity index is 977. The Morgan fingerprint density at radius 1 is 0.963 bits per heavy atom. The number of nitro groups is 1. The highest BCUT2D eigenvalue weighted by molar-refractivity contribution is 7.80. The molecule has 27 heavy (non-hydrogen) atoms. The molecule has 0 unspecified atom stereocenters. The molecule has 0 aliphatic heterocycles. The van der Waals surface area contributed by atoms with Gasteiger partial charge in [-0.05, 0) is 29.9 Å². The average Bonchev–Trinajstić information content (AvgIpc) is 2.69. The minimum atomic E-state index is -0.473. The van der Waals surface area contributed by atoms with Crippen LogP contribution in [-0.4, -0.2) is 17.1 Å². The van der Waals surface area contributed by atoms with Gasteiger partial charge in [0.1, 0.15) is 5.75 Å². The fraction of sp³-hybridized carbons (Fsp3) is 0.0500. The molecule has 6 nitrogen and oxygen atoms in total. The maximum atomic E-state index is 10.9. The second kappa shape index (κ2) is 8.29. The van der Waals surface area contributed by atoms with Crippen LogP contribution in [0.4, 0.5) is 17.1 Å². The number of para-hydroxylation sites is 1. The van der Waals surface area contributed by atoms with Crippen molar-refractivity contribution in [2.45, 2.75) is 0 Å². The molecule has 7 heteroatoms. The zero-order valence-electron chi connectivity index (χ0n) is 14.5. The van der Waals surface area contributed by atoms with Gasteiger partial charge in [0, 0.05) is 17.3 Å². The van der Waals surface area contributed by atoms with Crippen LogP contribution in [0.15, 0.2) is 72.8 Å². The molecule has 2 N–H and O–H groups in total. The number of anilines is 2. The number of hydrogen-bond acceptors (Lipinski definition) is 4. The van der Waals surface area contributed by atoms with Gasteiger partial charge >= 0.3 is 0 Å². The molecule has 0 aliphatic carbocycles. The van der Waals surface area contributed by atoms with Crippen LogP contribution < -0.4 is 15.4 Å². The Morgan fingerprint density at radius 3 is 2.33 bits per heavy atom. The van der Waals surface area contributed by atoms with Crippen molar-refractivity contribution in [2.24, 2.45) is 0 Å². The summed E-state index contributed by atoms with van der Waals surface area (Å²) < 4.78 is 5.23. The Morgan fingerprint density at radius 2 is 1.63 bits per heavy atom. The molecule has 0 saturated carbocycles. The summed E-state index contributed by atoms with van der Waals surface area (Å²) in [5.74, 6) is 0.338. The number of non-ortho nitro benzene ring substituents is 1. The fourth-order valence-electron chi connectivity index (χ4n) is 2.63. The summed E-state index contributed by atoms with van der Waals surface area (Å²) in [4.78, 5) is 10.4. The summed E-state index contributed by atoms with van der Waals surface area (Å²) in [6, 6.07) is 22.1. The van der Waals surface area contributed by atoms with Crippen LogP contribution in [0.5, 0.6) is 5.75 Å². The van der Waals surface area contributed by atoms with Gasteiger partial charge in [0.2, 0.25) is 0 Å². The lowest BCUT2D eigenvalue weighted by Gasteiger charge is -2.15. The molecular weight excluding hydrogens is 362 g/mol. The van der Waals surface area contributed by atoms with Crippen molar-refractivity contribution >= 4 is 34.4 Å². The topological polar surface area (TPSA) is 76.4 Å². The number of hydrogen-bond donors (Lipinski definition) is 2. The van der Waals surface area contributed by atoms with Crippen molar-refractivity contribution < 1.29 is 9.66 Å². The predicted molar refractivity (Wildman–Crippen MR) is 111 cm³/mol. The third-order valence-electron chi connectivity index (χ3n) is 3.90. The van der Waals surface area contributed by atoms with E-state index in [0.717, 1.165) is 16.8 Å². The molecule has 0 radical (unpaired) electrons. The lowest BCUT2D eigenvalue weighted by Crippen LogP contribution is -2.20. The molecule has 0 saturated heterocycles. The third-order valence-corrected chi connectivity index (χ3v) is 4.11. The highest BCUT2D eigenvalue weighted by atomic mass is 32.1. The Hall–Kier alpha value is -3.45. The molecule has 0 fully saturated rings. The zero-order valence-corrected chi connectivity index (χ0v) is 15.3. The number of methoxy groups -OCH3 is 1. The van der Waals surface area contributed by atoms with E-state index < -0.39 is 4.92 Å². The van der Waals surface area contributed by atoms with Crippen LogP contribution in [0.2, 0.25) is 0 Å². The van der Waals surface area contributed by atoms with Gasteiger partial charge in [0.15, 0.2) is 5.11 Å². The second-order valence-electron chi connectivity index (χ2n) is 5.63. The van der Waals surface area contributed by atoms with E-state index in [1.165, 1.54) is 19.2 Å². The van der Waals surface area contributed by atoms with Crippen LogP contribution in [0.3, 0.4) is 0 Å². The predicted octanol–water partition coefficient (Wildman–Crippen LogP) is 5.08. The molecule has 0 aliphatic rings. The molecule has 3 rings (SSSR count). The number of rotatable bonds is 5. The fourth-order valence-corrected chi connectivity index (χ4v) is 2.85. The van der Waals surface area contributed by atoms with Crippen LogP contribution in [-0.2, 0) is 0 Å². The molecule has 0 spiro atoms. The summed E-state index contributed by atoms with van der Waals surface area (Å²) in [7, 11) is 1.45. The summed E-state index contributed by atoms with van der Waals surface area (Å²) in [5, 5.41) is 17.5. The lowest BCUT2D eigenvalue weighted by atomic mass is 10.0. The van der Waals surface area contributed by atoms with E-state index in [9.17, 15) is 10.1 Å². The molecule has 0 aromatic heterocycles. The van der Waals surface area contributed by atoms with E-state index in [2.05, 4.69) is 10.6 Å². The minimum absolute atomic E-state index is 0.0503. The van der Waals surface area contributed by atoms with Gasteiger partial charge in [0.05, 0.1) is 23.8 Å². The van der Waals surface area contributed by atoms with Crippen molar-refractivity contribution in [3.8, 4) is 16.9 Å². The average molecular weight is 379 g/mol. The molecular formula is C20H17N3O3S. The normalized spacial score (nSPS) is 10.1. The zero-order chi connectivity index (χ0) is 19.2. The second-order valence-corrected chi connectivity index (χ2v) is 6.04. The Kier molecular flexibility index (Phi) is 5.63. The standard InChI is InChI=1S/C20H17N3O3S/c1-26-19-13-15(23(24)25)11-12-18(19)22-20(27)21-17-10-6-5-9-16(17)14-7-3-2-4-8-14/h2-13H,1H3,(H2,21,22,27). The Labute approximate surface area is 162 Å². The van der Waals surface area contributed by atoms with Gasteiger partial charge in [-0.2, -0.15) is 0 Å². The van der Waals surface area contributed by atoms with Crippen LogP contribution >= 0.6 is 12.2 Å². The summed E-state index contributed by atoms with van der Waals surface area (Å²) in [5.41, 5.74) is 3.42. The van der Waals surface area contributed by atoms with Gasteiger partial charge in [-0.15, -0.1) is 0 Å². The van der Waals surface area contributed by atoms with Gasteiger partial charge < -0.3 is 15.4 Å². The minimum Gasteiger partial charge on any atom is -0.494 e. The van der Waals surface area contributed by atoms with E-state index in [1.807, 2.05) is 54.6 Å². The SMILES string of the molecule is COc1cc([N+](=O)[O-])ccc1NC(=S)Nc1ccccc1-c1ccccc1. The number of nitrogens with one attached hydrogen (secondary N) is 2. The lowest BCUT2D eigenvalue weighted by molar-refractivity contribution is -0.384. The van der Waals surface area contributed by atoms with E-state index in [-0.39, 0.29) is 5.69 Å². The van der Waals surface area contributed by atoms with Crippen molar-refractivity contribution in [2.75, 3.05) is 17.7 Å². The highest BCUT2D eigenvalue weighted by Gasteiger charge is 2.13. The summed E-state index contributed by atoms with van der Waals surface area (Å²) in [6.45, 7) is 0. The van der Waals surface area contributed by atoms with Gasteiger partial charge in [-0.3, -0.25) is 10.1 Å². The quantitative estimate of drug-likeness (QED) is 0.366. The molecule has 0 bridgehead atoms. The van der Waals surface area contributed by atoms with Gasteiger partial charge in [0.25, 0.3) is 5.69 Å². The molecule has 0 heterocycles. The monoisotopic (exact) mass is 379 g/mol. The van der Waals surface area contributed by atoms with Gasteiger partial charge in [-0.1, -0.05) is 48.5 Å². The van der Waals surface area contributed by atoms with Crippen LogP contribution in [0.1, 0.15) is 0 Å². The summed E-state index contributed by atoms with van der Waals surface area (Å²) >= 11 is 5.41. The molecule has 0 amide bonds.